The lowest BCUT2D eigenvalue weighted by molar-refractivity contribution is -0.137. The van der Waals surface area contributed by atoms with E-state index in [9.17, 15) is 14.4 Å². The SMILES string of the molecule is NCCCC[C@H](NC(=O)[C@@H](Cc1cc(Br)c(N)c(Br)c1)NC(=O)CCCc1ccccc1)C(=O)N1CCN(c2ccccc2)CC1. The van der Waals surface area contributed by atoms with E-state index in [0.717, 1.165) is 29.7 Å². The number of carbonyl (C=O) groups is 3. The molecule has 46 heavy (non-hydrogen) atoms. The number of nitrogens with zero attached hydrogens (tertiary/aromatic N) is 2. The molecule has 3 amide bonds. The van der Waals surface area contributed by atoms with Crippen LogP contribution in [0.5, 0.6) is 0 Å². The number of amides is 3. The number of para-hydroxylation sites is 1. The molecular weight excluding hydrogens is 712 g/mol. The van der Waals surface area contributed by atoms with E-state index in [0.29, 0.717) is 66.6 Å². The zero-order chi connectivity index (χ0) is 32.9. The second-order valence-corrected chi connectivity index (χ2v) is 13.3. The molecular formula is C35H44Br2N6O3. The number of hydrogen-bond donors (Lipinski definition) is 4. The molecule has 9 nitrogen and oxygen atoms in total. The normalized spacial score (nSPS) is 14.4. The Morgan fingerprint density at radius 2 is 1.41 bits per heavy atom. The number of nitrogens with two attached hydrogens (primary N) is 2. The summed E-state index contributed by atoms with van der Waals surface area (Å²) in [5.41, 5.74) is 15.5. The topological polar surface area (TPSA) is 134 Å². The van der Waals surface area contributed by atoms with Crippen molar-refractivity contribution in [3.8, 4) is 0 Å². The number of hydrogen-bond acceptors (Lipinski definition) is 6. The first-order chi connectivity index (χ1) is 22.2. The highest BCUT2D eigenvalue weighted by Gasteiger charge is 2.31. The number of anilines is 2. The Hall–Kier alpha value is -3.41. The minimum Gasteiger partial charge on any atom is -0.397 e. The summed E-state index contributed by atoms with van der Waals surface area (Å²) < 4.78 is 1.38. The van der Waals surface area contributed by atoms with Crippen molar-refractivity contribution in [3.05, 3.63) is 92.9 Å². The summed E-state index contributed by atoms with van der Waals surface area (Å²) in [5.74, 6) is -0.716. The first-order valence-corrected chi connectivity index (χ1v) is 17.5. The van der Waals surface area contributed by atoms with Gasteiger partial charge in [-0.05, 0) is 106 Å². The molecule has 1 fully saturated rings. The van der Waals surface area contributed by atoms with Crippen LogP contribution >= 0.6 is 31.9 Å². The molecule has 0 aromatic heterocycles. The van der Waals surface area contributed by atoms with E-state index in [2.05, 4.69) is 59.5 Å². The molecule has 11 heteroatoms. The first-order valence-electron chi connectivity index (χ1n) is 15.9. The van der Waals surface area contributed by atoms with Gasteiger partial charge in [-0.2, -0.15) is 0 Å². The average molecular weight is 757 g/mol. The lowest BCUT2D eigenvalue weighted by Gasteiger charge is -2.38. The van der Waals surface area contributed by atoms with Gasteiger partial charge in [-0.15, -0.1) is 0 Å². The lowest BCUT2D eigenvalue weighted by atomic mass is 10.0. The molecule has 1 aliphatic heterocycles. The van der Waals surface area contributed by atoms with Crippen molar-refractivity contribution in [1.82, 2.24) is 15.5 Å². The zero-order valence-corrected chi connectivity index (χ0v) is 29.3. The van der Waals surface area contributed by atoms with Crippen LogP contribution in [0.2, 0.25) is 0 Å². The standard InChI is InChI=1S/C35H44Br2N6O3/c36-28-22-26(23-29(37)33(28)39)24-31(40-32(44)16-9-12-25-10-3-1-4-11-25)34(45)41-30(15-7-8-17-38)35(46)43-20-18-42(19-21-43)27-13-5-2-6-14-27/h1-6,10-11,13-14,22-23,30-31H,7-9,12,15-21,24,38-39H2,(H,40,44)(H,41,45)/t30-,31+/m0/s1. The van der Waals surface area contributed by atoms with Gasteiger partial charge in [0, 0.05) is 53.7 Å². The summed E-state index contributed by atoms with van der Waals surface area (Å²) in [6, 6.07) is 22.2. The molecule has 0 radical (unpaired) electrons. The second-order valence-electron chi connectivity index (χ2n) is 11.6. The maximum atomic E-state index is 13.9. The summed E-state index contributed by atoms with van der Waals surface area (Å²) in [7, 11) is 0. The summed E-state index contributed by atoms with van der Waals surface area (Å²) in [6.07, 6.45) is 3.83. The first kappa shape index (κ1) is 35.4. The van der Waals surface area contributed by atoms with Crippen molar-refractivity contribution in [2.45, 2.75) is 57.0 Å². The third kappa shape index (κ3) is 10.6. The predicted octanol–water partition coefficient (Wildman–Crippen LogP) is 4.81. The number of aryl methyl sites for hydroxylation is 1. The van der Waals surface area contributed by atoms with Crippen LogP contribution in [-0.2, 0) is 27.2 Å². The highest BCUT2D eigenvalue weighted by atomic mass is 79.9. The molecule has 0 aliphatic carbocycles. The Balaban J connectivity index is 1.45. The number of nitrogen functional groups attached to an aromatic ring is 1. The van der Waals surface area contributed by atoms with Crippen molar-refractivity contribution in [3.63, 3.8) is 0 Å². The van der Waals surface area contributed by atoms with Crippen LogP contribution in [0.4, 0.5) is 11.4 Å². The van der Waals surface area contributed by atoms with E-state index in [-0.39, 0.29) is 24.7 Å². The Labute approximate surface area is 288 Å². The molecule has 3 aromatic carbocycles. The third-order valence-electron chi connectivity index (χ3n) is 8.22. The monoisotopic (exact) mass is 754 g/mol. The molecule has 1 saturated heterocycles. The van der Waals surface area contributed by atoms with Crippen molar-refractivity contribution in [1.29, 1.82) is 0 Å². The molecule has 4 rings (SSSR count). The molecule has 1 heterocycles. The van der Waals surface area contributed by atoms with E-state index >= 15 is 0 Å². The van der Waals surface area contributed by atoms with Gasteiger partial charge in [-0.3, -0.25) is 14.4 Å². The van der Waals surface area contributed by atoms with Gasteiger partial charge in [0.25, 0.3) is 0 Å². The van der Waals surface area contributed by atoms with Crippen LogP contribution in [0.3, 0.4) is 0 Å². The molecule has 2 atom stereocenters. The van der Waals surface area contributed by atoms with E-state index in [1.54, 1.807) is 0 Å². The molecule has 0 spiro atoms. The third-order valence-corrected chi connectivity index (χ3v) is 9.53. The fourth-order valence-corrected chi connectivity index (χ4v) is 6.91. The van der Waals surface area contributed by atoms with Crippen LogP contribution in [0.1, 0.15) is 43.2 Å². The Bertz CT molecular complexity index is 1410. The van der Waals surface area contributed by atoms with E-state index in [1.807, 2.05) is 65.6 Å². The van der Waals surface area contributed by atoms with E-state index in [4.69, 9.17) is 11.5 Å². The van der Waals surface area contributed by atoms with Gasteiger partial charge in [0.1, 0.15) is 12.1 Å². The minimum atomic E-state index is -0.883. The van der Waals surface area contributed by atoms with Gasteiger partial charge in [-0.1, -0.05) is 48.5 Å². The average Bonchev–Trinajstić information content (AvgIpc) is 3.07. The molecule has 0 saturated carbocycles. The van der Waals surface area contributed by atoms with Crippen LogP contribution in [-0.4, -0.2) is 67.4 Å². The molecule has 1 aliphatic rings. The number of rotatable bonds is 15. The van der Waals surface area contributed by atoms with Crippen LogP contribution in [0.15, 0.2) is 81.7 Å². The van der Waals surface area contributed by atoms with Crippen LogP contribution in [0.25, 0.3) is 0 Å². The van der Waals surface area contributed by atoms with Crippen molar-refractivity contribution in [2.75, 3.05) is 43.4 Å². The minimum absolute atomic E-state index is 0.107. The highest BCUT2D eigenvalue weighted by molar-refractivity contribution is 9.11. The van der Waals surface area contributed by atoms with Crippen molar-refractivity contribution >= 4 is 61.0 Å². The fraction of sp³-hybridized carbons (Fsp3) is 0.400. The number of unbranched alkanes of at least 4 members (excludes halogenated alkanes) is 1. The predicted molar refractivity (Wildman–Crippen MR) is 191 cm³/mol. The number of carbonyl (C=O) groups excluding carboxylic acids is 3. The second kappa shape index (κ2) is 18.1. The summed E-state index contributed by atoms with van der Waals surface area (Å²) in [5, 5.41) is 5.97. The summed E-state index contributed by atoms with van der Waals surface area (Å²) in [6.45, 7) is 3.05. The highest BCUT2D eigenvalue weighted by Crippen LogP contribution is 2.30. The zero-order valence-electron chi connectivity index (χ0n) is 26.1. The van der Waals surface area contributed by atoms with Gasteiger partial charge in [-0.25, -0.2) is 0 Å². The van der Waals surface area contributed by atoms with Gasteiger partial charge in [0.05, 0.1) is 5.69 Å². The molecule has 6 N–H and O–H groups in total. The number of nitrogens with one attached hydrogen (secondary N) is 2. The van der Waals surface area contributed by atoms with Crippen LogP contribution < -0.4 is 27.0 Å². The molecule has 3 aromatic rings. The van der Waals surface area contributed by atoms with Gasteiger partial charge in [0.2, 0.25) is 17.7 Å². The maximum Gasteiger partial charge on any atom is 0.245 e. The fourth-order valence-electron chi connectivity index (χ4n) is 5.63. The summed E-state index contributed by atoms with van der Waals surface area (Å²) >= 11 is 6.96. The number of halogens is 2. The van der Waals surface area contributed by atoms with Crippen molar-refractivity contribution in [2.24, 2.45) is 5.73 Å². The molecule has 246 valence electrons. The number of piperazine rings is 1. The largest absolute Gasteiger partial charge is 0.397 e. The smallest absolute Gasteiger partial charge is 0.245 e. The van der Waals surface area contributed by atoms with E-state index in [1.165, 1.54) is 0 Å². The Kier molecular flexibility index (Phi) is 13.9. The van der Waals surface area contributed by atoms with E-state index < -0.39 is 18.0 Å². The maximum absolute atomic E-state index is 13.9. The van der Waals surface area contributed by atoms with Gasteiger partial charge >= 0.3 is 0 Å². The molecule has 0 bridgehead atoms. The van der Waals surface area contributed by atoms with Crippen LogP contribution in [0, 0.1) is 0 Å². The Morgan fingerprint density at radius 3 is 2.04 bits per heavy atom. The summed E-state index contributed by atoms with van der Waals surface area (Å²) in [4.78, 5) is 45.0. The van der Waals surface area contributed by atoms with Crippen molar-refractivity contribution < 1.29 is 14.4 Å². The van der Waals surface area contributed by atoms with Gasteiger partial charge < -0.3 is 31.9 Å². The number of benzene rings is 3. The lowest BCUT2D eigenvalue weighted by Crippen LogP contribution is -2.57. The quantitative estimate of drug-likeness (QED) is 0.130. The molecule has 0 unspecified atom stereocenters. The van der Waals surface area contributed by atoms with Gasteiger partial charge in [0.15, 0.2) is 0 Å². The Morgan fingerprint density at radius 1 is 0.783 bits per heavy atom.